The number of hydrogen-bond donors (Lipinski definition) is 1. The molecule has 0 aliphatic carbocycles. The summed E-state index contributed by atoms with van der Waals surface area (Å²) in [6.07, 6.45) is 0.733. The smallest absolute Gasteiger partial charge is 0.256 e. The van der Waals surface area contributed by atoms with E-state index in [9.17, 15) is 18.0 Å². The molecule has 1 aromatic rings. The van der Waals surface area contributed by atoms with Crippen LogP contribution in [0.4, 0.5) is 13.2 Å². The molecule has 6 heteroatoms. The molecule has 0 saturated carbocycles. The first-order chi connectivity index (χ1) is 9.00. The zero-order valence-corrected chi connectivity index (χ0v) is 10.5. The van der Waals surface area contributed by atoms with Crippen LogP contribution in [0, 0.1) is 17.5 Å². The van der Waals surface area contributed by atoms with Gasteiger partial charge < -0.3 is 10.2 Å². The van der Waals surface area contributed by atoms with E-state index in [0.717, 1.165) is 18.6 Å². The van der Waals surface area contributed by atoms with E-state index >= 15 is 0 Å². The molecule has 0 radical (unpaired) electrons. The quantitative estimate of drug-likeness (QED) is 0.792. The average Bonchev–Trinajstić information content (AvgIpc) is 2.60. The van der Waals surface area contributed by atoms with Crippen molar-refractivity contribution in [3.63, 3.8) is 0 Å². The normalized spacial score (nSPS) is 20.2. The van der Waals surface area contributed by atoms with Crippen LogP contribution in [0.1, 0.15) is 23.7 Å². The van der Waals surface area contributed by atoms with E-state index in [-0.39, 0.29) is 6.04 Å². The molecular formula is C13H15F3N2O. The molecule has 1 heterocycles. The van der Waals surface area contributed by atoms with Gasteiger partial charge in [-0.3, -0.25) is 4.79 Å². The number of halogens is 3. The summed E-state index contributed by atoms with van der Waals surface area (Å²) in [4.78, 5) is 13.6. The van der Waals surface area contributed by atoms with E-state index < -0.39 is 28.9 Å². The van der Waals surface area contributed by atoms with Crippen LogP contribution in [0.3, 0.4) is 0 Å². The molecular weight excluding hydrogens is 257 g/mol. The van der Waals surface area contributed by atoms with Crippen molar-refractivity contribution < 1.29 is 18.0 Å². The summed E-state index contributed by atoms with van der Waals surface area (Å²) in [5.41, 5.74) is -0.423. The second-order valence-electron chi connectivity index (χ2n) is 4.66. The van der Waals surface area contributed by atoms with Gasteiger partial charge in [-0.15, -0.1) is 0 Å². The monoisotopic (exact) mass is 272 g/mol. The van der Waals surface area contributed by atoms with Gasteiger partial charge in [-0.1, -0.05) is 0 Å². The van der Waals surface area contributed by atoms with Crippen molar-refractivity contribution in [3.05, 3.63) is 35.1 Å². The van der Waals surface area contributed by atoms with Gasteiger partial charge in [-0.05, 0) is 25.5 Å². The van der Waals surface area contributed by atoms with Crippen LogP contribution < -0.4 is 5.32 Å². The lowest BCUT2D eigenvalue weighted by Gasteiger charge is -2.20. The first-order valence-electron chi connectivity index (χ1n) is 6.17. The Hall–Kier alpha value is -1.56. The zero-order valence-electron chi connectivity index (χ0n) is 10.5. The van der Waals surface area contributed by atoms with Crippen molar-refractivity contribution in [2.45, 2.75) is 19.4 Å². The maximum atomic E-state index is 13.6. The second kappa shape index (κ2) is 5.61. The van der Waals surface area contributed by atoms with E-state index in [2.05, 4.69) is 5.32 Å². The summed E-state index contributed by atoms with van der Waals surface area (Å²) < 4.78 is 39.5. The highest BCUT2D eigenvalue weighted by atomic mass is 19.2. The van der Waals surface area contributed by atoms with E-state index in [1.807, 2.05) is 6.92 Å². The van der Waals surface area contributed by atoms with E-state index in [1.54, 1.807) is 0 Å². The molecule has 1 aliphatic rings. The number of carbonyl (C=O) groups is 1. The third kappa shape index (κ3) is 2.89. The number of rotatable bonds is 1. The van der Waals surface area contributed by atoms with Gasteiger partial charge in [0.25, 0.3) is 5.91 Å². The van der Waals surface area contributed by atoms with Crippen molar-refractivity contribution >= 4 is 5.91 Å². The van der Waals surface area contributed by atoms with Gasteiger partial charge >= 0.3 is 0 Å². The molecule has 1 atom stereocenters. The number of nitrogens with one attached hydrogen (secondary N) is 1. The fraction of sp³-hybridized carbons (Fsp3) is 0.462. The van der Waals surface area contributed by atoms with Gasteiger partial charge in [0.1, 0.15) is 0 Å². The van der Waals surface area contributed by atoms with E-state index in [1.165, 1.54) is 4.90 Å². The number of benzene rings is 1. The lowest BCUT2D eigenvalue weighted by molar-refractivity contribution is 0.0759. The molecule has 1 aromatic carbocycles. The largest absolute Gasteiger partial charge is 0.337 e. The summed E-state index contributed by atoms with van der Waals surface area (Å²) >= 11 is 0. The van der Waals surface area contributed by atoms with Crippen LogP contribution in [0.5, 0.6) is 0 Å². The third-order valence-electron chi connectivity index (χ3n) is 3.26. The molecule has 1 saturated heterocycles. The zero-order chi connectivity index (χ0) is 14.0. The van der Waals surface area contributed by atoms with Crippen molar-refractivity contribution in [3.8, 4) is 0 Å². The third-order valence-corrected chi connectivity index (χ3v) is 3.26. The summed E-state index contributed by atoms with van der Waals surface area (Å²) in [7, 11) is 0. The minimum Gasteiger partial charge on any atom is -0.337 e. The minimum atomic E-state index is -1.60. The van der Waals surface area contributed by atoms with Crippen LogP contribution in [0.15, 0.2) is 12.1 Å². The van der Waals surface area contributed by atoms with Crippen LogP contribution in [0.25, 0.3) is 0 Å². The van der Waals surface area contributed by atoms with Crippen LogP contribution in [0.2, 0.25) is 0 Å². The average molecular weight is 272 g/mol. The van der Waals surface area contributed by atoms with Crippen LogP contribution >= 0.6 is 0 Å². The topological polar surface area (TPSA) is 32.3 Å². The van der Waals surface area contributed by atoms with Crippen molar-refractivity contribution in [2.24, 2.45) is 0 Å². The Morgan fingerprint density at radius 2 is 2.00 bits per heavy atom. The summed E-state index contributed by atoms with van der Waals surface area (Å²) in [6.45, 7) is 3.47. The highest BCUT2D eigenvalue weighted by molar-refractivity contribution is 5.94. The summed E-state index contributed by atoms with van der Waals surface area (Å²) in [5.74, 6) is -4.92. The Bertz CT molecular complexity index is 493. The molecule has 19 heavy (non-hydrogen) atoms. The van der Waals surface area contributed by atoms with Gasteiger partial charge in [0.2, 0.25) is 0 Å². The van der Waals surface area contributed by atoms with Crippen molar-refractivity contribution in [2.75, 3.05) is 19.6 Å². The Balaban J connectivity index is 2.22. The predicted molar refractivity (Wildman–Crippen MR) is 64.3 cm³/mol. The van der Waals surface area contributed by atoms with Gasteiger partial charge in [0.15, 0.2) is 17.5 Å². The molecule has 3 nitrogen and oxygen atoms in total. The lowest BCUT2D eigenvalue weighted by Crippen LogP contribution is -2.35. The van der Waals surface area contributed by atoms with Gasteiger partial charge in [0, 0.05) is 25.7 Å². The molecule has 1 fully saturated rings. The standard InChI is InChI=1S/C13H15F3N2O/c1-8-4-6-18(7-5-17-8)13(19)9-2-3-10(14)12(16)11(9)15/h2-3,8,17H,4-7H2,1H3. The SMILES string of the molecule is CC1CCN(C(=O)c2ccc(F)c(F)c2F)CCN1. The minimum absolute atomic E-state index is 0.271. The predicted octanol–water partition coefficient (Wildman–Crippen LogP) is 1.93. The van der Waals surface area contributed by atoms with E-state index in [4.69, 9.17) is 0 Å². The maximum Gasteiger partial charge on any atom is 0.256 e. The molecule has 104 valence electrons. The Kier molecular flexibility index (Phi) is 4.09. The highest BCUT2D eigenvalue weighted by Gasteiger charge is 2.24. The molecule has 1 aliphatic heterocycles. The first-order valence-corrected chi connectivity index (χ1v) is 6.17. The molecule has 1 N–H and O–H groups in total. The second-order valence-corrected chi connectivity index (χ2v) is 4.66. The number of nitrogens with zero attached hydrogens (tertiary/aromatic N) is 1. The van der Waals surface area contributed by atoms with Gasteiger partial charge in [-0.25, -0.2) is 13.2 Å². The molecule has 0 spiro atoms. The van der Waals surface area contributed by atoms with Crippen LogP contribution in [-0.4, -0.2) is 36.5 Å². The molecule has 1 unspecified atom stereocenters. The van der Waals surface area contributed by atoms with E-state index in [0.29, 0.717) is 19.6 Å². The number of carbonyl (C=O) groups excluding carboxylic acids is 1. The Labute approximate surface area is 109 Å². The fourth-order valence-corrected chi connectivity index (χ4v) is 2.07. The summed E-state index contributed by atoms with van der Waals surface area (Å²) in [5, 5.41) is 3.19. The molecule has 2 rings (SSSR count). The van der Waals surface area contributed by atoms with Gasteiger partial charge in [0.05, 0.1) is 5.56 Å². The Morgan fingerprint density at radius 1 is 1.26 bits per heavy atom. The van der Waals surface area contributed by atoms with Crippen molar-refractivity contribution in [1.29, 1.82) is 0 Å². The summed E-state index contributed by atoms with van der Waals surface area (Å²) in [6, 6.07) is 2.02. The highest BCUT2D eigenvalue weighted by Crippen LogP contribution is 2.17. The lowest BCUT2D eigenvalue weighted by atomic mass is 10.1. The van der Waals surface area contributed by atoms with Crippen LogP contribution in [-0.2, 0) is 0 Å². The molecule has 1 amide bonds. The van der Waals surface area contributed by atoms with Crippen molar-refractivity contribution in [1.82, 2.24) is 10.2 Å². The first kappa shape index (κ1) is 13.9. The number of amides is 1. The fourth-order valence-electron chi connectivity index (χ4n) is 2.07. The number of hydrogen-bond acceptors (Lipinski definition) is 2. The molecule has 0 bridgehead atoms. The molecule has 0 aromatic heterocycles. The Morgan fingerprint density at radius 3 is 2.74 bits per heavy atom. The van der Waals surface area contributed by atoms with Gasteiger partial charge in [-0.2, -0.15) is 0 Å². The maximum absolute atomic E-state index is 13.6.